The largest absolute Gasteiger partial charge is 0.324 e. The number of carbonyl (C=O) groups is 1. The average Bonchev–Trinajstić information content (AvgIpc) is 2.37. The molecule has 104 valence electrons. The van der Waals surface area contributed by atoms with Gasteiger partial charge in [0.15, 0.2) is 0 Å². The molecule has 1 aliphatic rings. The van der Waals surface area contributed by atoms with E-state index in [1.807, 2.05) is 0 Å². The number of nitrogens with one attached hydrogen (secondary N) is 1. The first kappa shape index (κ1) is 14.6. The summed E-state index contributed by atoms with van der Waals surface area (Å²) in [6.45, 7) is 4.19. The Bertz CT molecular complexity index is 459. The van der Waals surface area contributed by atoms with Crippen LogP contribution in [0.1, 0.15) is 0 Å². The van der Waals surface area contributed by atoms with E-state index in [4.69, 9.17) is 23.2 Å². The molecule has 1 amide bonds. The van der Waals surface area contributed by atoms with Gasteiger partial charge >= 0.3 is 0 Å². The molecule has 1 fully saturated rings. The number of hydrogen-bond acceptors (Lipinski definition) is 3. The summed E-state index contributed by atoms with van der Waals surface area (Å²) < 4.78 is 0. The van der Waals surface area contributed by atoms with E-state index in [0.717, 1.165) is 26.2 Å². The minimum Gasteiger partial charge on any atom is -0.324 e. The van der Waals surface area contributed by atoms with Crippen molar-refractivity contribution in [3.8, 4) is 0 Å². The van der Waals surface area contributed by atoms with Crippen molar-refractivity contribution in [3.05, 3.63) is 28.2 Å². The van der Waals surface area contributed by atoms with Crippen LogP contribution in [0.5, 0.6) is 0 Å². The van der Waals surface area contributed by atoms with Crippen LogP contribution in [0.15, 0.2) is 18.2 Å². The zero-order valence-electron chi connectivity index (χ0n) is 10.8. The normalized spacial score (nSPS) is 17.4. The maximum atomic E-state index is 12.0. The van der Waals surface area contributed by atoms with E-state index < -0.39 is 0 Å². The highest BCUT2D eigenvalue weighted by molar-refractivity contribution is 6.35. The Morgan fingerprint density at radius 3 is 2.63 bits per heavy atom. The lowest BCUT2D eigenvalue weighted by molar-refractivity contribution is -0.117. The number of likely N-dealkylation sites (N-methyl/N-ethyl adjacent to an activating group) is 1. The van der Waals surface area contributed by atoms with Crippen LogP contribution in [0, 0.1) is 0 Å². The third-order valence-corrected chi connectivity index (χ3v) is 3.73. The lowest BCUT2D eigenvalue weighted by atomic mass is 10.3. The number of piperazine rings is 1. The van der Waals surface area contributed by atoms with E-state index in [0.29, 0.717) is 22.3 Å². The molecule has 0 radical (unpaired) electrons. The minimum absolute atomic E-state index is 0.0614. The molecule has 1 aromatic carbocycles. The van der Waals surface area contributed by atoms with Gasteiger partial charge in [0.05, 0.1) is 17.3 Å². The molecule has 0 aromatic heterocycles. The number of benzene rings is 1. The summed E-state index contributed by atoms with van der Waals surface area (Å²) in [5.41, 5.74) is 0.563. The van der Waals surface area contributed by atoms with E-state index in [-0.39, 0.29) is 5.91 Å². The highest BCUT2D eigenvalue weighted by Gasteiger charge is 2.17. The van der Waals surface area contributed by atoms with Crippen molar-refractivity contribution in [2.24, 2.45) is 0 Å². The lowest BCUT2D eigenvalue weighted by Gasteiger charge is -2.31. The first-order valence-corrected chi connectivity index (χ1v) is 6.96. The van der Waals surface area contributed by atoms with Gasteiger partial charge in [-0.15, -0.1) is 0 Å². The van der Waals surface area contributed by atoms with Crippen LogP contribution < -0.4 is 5.32 Å². The molecule has 1 aromatic rings. The Morgan fingerprint density at radius 1 is 1.26 bits per heavy atom. The van der Waals surface area contributed by atoms with E-state index in [9.17, 15) is 4.79 Å². The van der Waals surface area contributed by atoms with Gasteiger partial charge in [-0.3, -0.25) is 9.69 Å². The second-order valence-electron chi connectivity index (χ2n) is 4.75. The maximum absolute atomic E-state index is 12.0. The molecule has 4 nitrogen and oxygen atoms in total. The van der Waals surface area contributed by atoms with Crippen molar-refractivity contribution >= 4 is 34.8 Å². The monoisotopic (exact) mass is 301 g/mol. The summed E-state index contributed by atoms with van der Waals surface area (Å²) in [6.07, 6.45) is 0. The first-order valence-electron chi connectivity index (χ1n) is 6.20. The van der Waals surface area contributed by atoms with Crippen molar-refractivity contribution in [1.82, 2.24) is 9.80 Å². The molecular weight excluding hydrogens is 285 g/mol. The molecule has 1 N–H and O–H groups in total. The predicted molar refractivity (Wildman–Crippen MR) is 79.0 cm³/mol. The van der Waals surface area contributed by atoms with Crippen molar-refractivity contribution < 1.29 is 4.79 Å². The molecule has 1 heterocycles. The van der Waals surface area contributed by atoms with Gasteiger partial charge in [0, 0.05) is 31.2 Å². The van der Waals surface area contributed by atoms with E-state index in [1.165, 1.54) is 0 Å². The van der Waals surface area contributed by atoms with Crippen LogP contribution in [0.4, 0.5) is 5.69 Å². The Balaban J connectivity index is 1.89. The summed E-state index contributed by atoms with van der Waals surface area (Å²) in [5.74, 6) is -0.0614. The lowest BCUT2D eigenvalue weighted by Crippen LogP contribution is -2.47. The number of hydrogen-bond donors (Lipinski definition) is 1. The Hall–Kier alpha value is -0.810. The Labute approximate surface area is 123 Å². The van der Waals surface area contributed by atoms with Gasteiger partial charge < -0.3 is 10.2 Å². The van der Waals surface area contributed by atoms with Gasteiger partial charge in [0.2, 0.25) is 5.91 Å². The van der Waals surface area contributed by atoms with Gasteiger partial charge in [-0.05, 0) is 25.2 Å². The van der Waals surface area contributed by atoms with Crippen molar-refractivity contribution in [2.75, 3.05) is 45.1 Å². The topological polar surface area (TPSA) is 35.6 Å². The molecule has 6 heteroatoms. The molecule has 0 bridgehead atoms. The van der Waals surface area contributed by atoms with Crippen LogP contribution >= 0.6 is 23.2 Å². The fourth-order valence-corrected chi connectivity index (χ4v) is 2.33. The molecule has 1 saturated heterocycles. The first-order chi connectivity index (χ1) is 9.04. The van der Waals surface area contributed by atoms with Gasteiger partial charge in [-0.25, -0.2) is 0 Å². The van der Waals surface area contributed by atoms with Crippen molar-refractivity contribution in [2.45, 2.75) is 0 Å². The summed E-state index contributed by atoms with van der Waals surface area (Å²) >= 11 is 11.9. The number of halogens is 2. The fraction of sp³-hybridized carbons (Fsp3) is 0.462. The zero-order valence-corrected chi connectivity index (χ0v) is 12.3. The van der Waals surface area contributed by atoms with Gasteiger partial charge in [-0.2, -0.15) is 0 Å². The van der Waals surface area contributed by atoms with Crippen molar-refractivity contribution in [1.29, 1.82) is 0 Å². The maximum Gasteiger partial charge on any atom is 0.238 e. The highest BCUT2D eigenvalue weighted by atomic mass is 35.5. The second kappa shape index (κ2) is 6.57. The highest BCUT2D eigenvalue weighted by Crippen LogP contribution is 2.25. The predicted octanol–water partition coefficient (Wildman–Crippen LogP) is 2.18. The van der Waals surface area contributed by atoms with E-state index >= 15 is 0 Å². The summed E-state index contributed by atoms with van der Waals surface area (Å²) in [7, 11) is 2.09. The minimum atomic E-state index is -0.0614. The van der Waals surface area contributed by atoms with Gasteiger partial charge in [0.25, 0.3) is 0 Å². The number of anilines is 1. The molecule has 0 saturated carbocycles. The summed E-state index contributed by atoms with van der Waals surface area (Å²) in [6, 6.07) is 5.03. The third-order valence-electron chi connectivity index (χ3n) is 3.17. The summed E-state index contributed by atoms with van der Waals surface area (Å²) in [5, 5.41) is 3.85. The number of rotatable bonds is 3. The van der Waals surface area contributed by atoms with Crippen LogP contribution in [0.25, 0.3) is 0 Å². The quantitative estimate of drug-likeness (QED) is 0.929. The summed E-state index contributed by atoms with van der Waals surface area (Å²) in [4.78, 5) is 16.3. The molecule has 0 unspecified atom stereocenters. The molecule has 0 atom stereocenters. The number of carbonyl (C=O) groups excluding carboxylic acids is 1. The van der Waals surface area contributed by atoms with Crippen LogP contribution in [0.2, 0.25) is 10.0 Å². The van der Waals surface area contributed by atoms with E-state index in [1.54, 1.807) is 18.2 Å². The third kappa shape index (κ3) is 4.35. The standard InChI is InChI=1S/C13H17Cl2N3O/c1-17-4-6-18(7-5-17)9-13(19)16-12-8-10(14)2-3-11(12)15/h2-3,8H,4-7,9H2,1H3,(H,16,19). The molecule has 0 aliphatic carbocycles. The fourth-order valence-electron chi connectivity index (χ4n) is 1.99. The smallest absolute Gasteiger partial charge is 0.238 e. The molecule has 1 aliphatic heterocycles. The molecular formula is C13H17Cl2N3O. The molecule has 19 heavy (non-hydrogen) atoms. The number of nitrogens with zero attached hydrogens (tertiary/aromatic N) is 2. The van der Waals surface area contributed by atoms with Crippen LogP contribution in [-0.4, -0.2) is 55.5 Å². The molecule has 0 spiro atoms. The Morgan fingerprint density at radius 2 is 1.95 bits per heavy atom. The van der Waals surface area contributed by atoms with Gasteiger partial charge in [-0.1, -0.05) is 23.2 Å². The SMILES string of the molecule is CN1CCN(CC(=O)Nc2cc(Cl)ccc2Cl)CC1. The zero-order chi connectivity index (χ0) is 13.8. The number of amides is 1. The van der Waals surface area contributed by atoms with E-state index in [2.05, 4.69) is 22.2 Å². The van der Waals surface area contributed by atoms with Gasteiger partial charge in [0.1, 0.15) is 0 Å². The second-order valence-corrected chi connectivity index (χ2v) is 5.60. The Kier molecular flexibility index (Phi) is 5.05. The van der Waals surface area contributed by atoms with Crippen LogP contribution in [-0.2, 0) is 4.79 Å². The van der Waals surface area contributed by atoms with Crippen LogP contribution in [0.3, 0.4) is 0 Å². The van der Waals surface area contributed by atoms with Crippen molar-refractivity contribution in [3.63, 3.8) is 0 Å². The molecule has 2 rings (SSSR count). The average molecular weight is 302 g/mol.